The van der Waals surface area contributed by atoms with Crippen LogP contribution in [0.1, 0.15) is 57.1 Å². The van der Waals surface area contributed by atoms with Crippen LogP contribution >= 0.6 is 0 Å². The number of amides is 2. The highest BCUT2D eigenvalue weighted by molar-refractivity contribution is 5.96. The molecule has 2 amide bonds. The smallest absolute Gasteiger partial charge is 0.249 e. The lowest BCUT2D eigenvalue weighted by atomic mass is 9.75. The van der Waals surface area contributed by atoms with E-state index in [1.807, 2.05) is 42.5 Å². The van der Waals surface area contributed by atoms with Crippen molar-refractivity contribution >= 4 is 11.8 Å². The Balaban J connectivity index is 1.48. The Kier molecular flexibility index (Phi) is 11.5. The molecule has 1 aliphatic heterocycles. The summed E-state index contributed by atoms with van der Waals surface area (Å²) in [6.07, 6.45) is 3.26. The molecule has 0 aromatic heterocycles. The highest BCUT2D eigenvalue weighted by Crippen LogP contribution is 2.47. The van der Waals surface area contributed by atoms with Crippen molar-refractivity contribution in [3.05, 3.63) is 65.2 Å². The van der Waals surface area contributed by atoms with E-state index in [9.17, 15) is 19.8 Å². The van der Waals surface area contributed by atoms with E-state index < -0.39 is 24.2 Å². The fourth-order valence-corrected chi connectivity index (χ4v) is 7.52. The largest absolute Gasteiger partial charge is 0.497 e. The first-order valence-electron chi connectivity index (χ1n) is 16.8. The number of ether oxygens (including phenoxy) is 4. The molecule has 2 aliphatic carbocycles. The molecule has 0 spiro atoms. The number of nitrogens with zero attached hydrogens (tertiary/aromatic N) is 1. The number of fused-ring (bicyclic) bond motifs is 3. The first-order valence-corrected chi connectivity index (χ1v) is 16.8. The Hall–Kier alpha value is -3.60. The molecule has 7 atom stereocenters. The van der Waals surface area contributed by atoms with Gasteiger partial charge in [0, 0.05) is 24.2 Å². The lowest BCUT2D eigenvalue weighted by molar-refractivity contribution is -0.147. The Morgan fingerprint density at radius 3 is 2.62 bits per heavy atom. The second kappa shape index (κ2) is 15.5. The van der Waals surface area contributed by atoms with Gasteiger partial charge in [0.25, 0.3) is 0 Å². The van der Waals surface area contributed by atoms with E-state index in [2.05, 4.69) is 26.1 Å². The summed E-state index contributed by atoms with van der Waals surface area (Å²) in [5, 5.41) is 24.1. The number of benzene rings is 2. The fourth-order valence-electron chi connectivity index (χ4n) is 7.52. The number of carbonyl (C=O) groups is 2. The van der Waals surface area contributed by atoms with Gasteiger partial charge in [-0.2, -0.15) is 0 Å². The van der Waals surface area contributed by atoms with Gasteiger partial charge >= 0.3 is 0 Å². The quantitative estimate of drug-likeness (QED) is 0.298. The van der Waals surface area contributed by atoms with Gasteiger partial charge in [0.1, 0.15) is 36.1 Å². The molecule has 0 bridgehead atoms. The summed E-state index contributed by atoms with van der Waals surface area (Å²) in [5.74, 6) is 2.04. The number of carbonyl (C=O) groups excluding carboxylic acids is 2. The number of hydrogen-bond acceptors (Lipinski definition) is 8. The van der Waals surface area contributed by atoms with Crippen LogP contribution < -0.4 is 19.5 Å². The Morgan fingerprint density at radius 1 is 1.11 bits per heavy atom. The van der Waals surface area contributed by atoms with Gasteiger partial charge in [-0.1, -0.05) is 45.4 Å². The van der Waals surface area contributed by atoms with Gasteiger partial charge in [0.2, 0.25) is 11.8 Å². The molecule has 10 nitrogen and oxygen atoms in total. The minimum atomic E-state index is -1.13. The van der Waals surface area contributed by atoms with Crippen LogP contribution in [0.5, 0.6) is 17.2 Å². The summed E-state index contributed by atoms with van der Waals surface area (Å²) in [7, 11) is 3.19. The molecule has 1 heterocycles. The molecule has 0 saturated heterocycles. The SMILES string of the molecule is COc1ccc(OC)c(CCN(C(=O)CO[C@H]2C[C@@H](C)CC[C@@H]2C(C)C)[C@@H]2C=C(C(=O)NCCO)[C@@H]3c4ccccc4O[C@@H]3[C@H]2O)c1. The maximum Gasteiger partial charge on any atom is 0.249 e. The lowest BCUT2D eigenvalue weighted by Crippen LogP contribution is -2.57. The minimum Gasteiger partial charge on any atom is -0.497 e. The van der Waals surface area contributed by atoms with Gasteiger partial charge in [-0.25, -0.2) is 0 Å². The molecule has 0 radical (unpaired) electrons. The van der Waals surface area contributed by atoms with Crippen molar-refractivity contribution in [1.29, 1.82) is 0 Å². The maximum atomic E-state index is 14.3. The summed E-state index contributed by atoms with van der Waals surface area (Å²) in [6.45, 7) is 6.57. The van der Waals surface area contributed by atoms with Crippen LogP contribution in [0.15, 0.2) is 54.1 Å². The average molecular weight is 651 g/mol. The fraction of sp³-hybridized carbons (Fsp3) is 0.568. The number of aliphatic hydroxyl groups is 2. The summed E-state index contributed by atoms with van der Waals surface area (Å²) >= 11 is 0. The van der Waals surface area contributed by atoms with E-state index in [-0.39, 0.29) is 44.2 Å². The van der Waals surface area contributed by atoms with Crippen LogP contribution in [0, 0.1) is 17.8 Å². The third-order valence-electron chi connectivity index (χ3n) is 10.0. The van der Waals surface area contributed by atoms with E-state index in [1.54, 1.807) is 25.2 Å². The predicted molar refractivity (Wildman–Crippen MR) is 178 cm³/mol. The van der Waals surface area contributed by atoms with Gasteiger partial charge in [-0.3, -0.25) is 9.59 Å². The van der Waals surface area contributed by atoms with Crippen molar-refractivity contribution in [2.24, 2.45) is 17.8 Å². The van der Waals surface area contributed by atoms with Gasteiger partial charge < -0.3 is 39.4 Å². The van der Waals surface area contributed by atoms with E-state index >= 15 is 0 Å². The van der Waals surface area contributed by atoms with Crippen molar-refractivity contribution in [3.8, 4) is 17.2 Å². The number of rotatable bonds is 13. The third-order valence-corrected chi connectivity index (χ3v) is 10.0. The van der Waals surface area contributed by atoms with Crippen molar-refractivity contribution in [2.45, 2.75) is 76.7 Å². The monoisotopic (exact) mass is 650 g/mol. The molecule has 5 rings (SSSR count). The number of aliphatic hydroxyl groups excluding tert-OH is 2. The second-order valence-corrected chi connectivity index (χ2v) is 13.4. The van der Waals surface area contributed by atoms with E-state index in [1.165, 1.54) is 0 Å². The second-order valence-electron chi connectivity index (χ2n) is 13.4. The van der Waals surface area contributed by atoms with Crippen LogP contribution in [0.2, 0.25) is 0 Å². The molecule has 10 heteroatoms. The summed E-state index contributed by atoms with van der Waals surface area (Å²) in [4.78, 5) is 29.5. The third kappa shape index (κ3) is 7.60. The number of para-hydroxylation sites is 1. The molecule has 3 aliphatic rings. The Morgan fingerprint density at radius 2 is 1.89 bits per heavy atom. The number of nitrogens with one attached hydrogen (secondary N) is 1. The number of methoxy groups -OCH3 is 2. The maximum absolute atomic E-state index is 14.3. The molecule has 3 N–H and O–H groups in total. The van der Waals surface area contributed by atoms with Gasteiger partial charge in [-0.05, 0) is 72.9 Å². The molecule has 256 valence electrons. The van der Waals surface area contributed by atoms with E-state index in [0.29, 0.717) is 47.0 Å². The summed E-state index contributed by atoms with van der Waals surface area (Å²) < 4.78 is 23.8. The topological polar surface area (TPSA) is 127 Å². The molecule has 1 fully saturated rings. The Bertz CT molecular complexity index is 1430. The van der Waals surface area contributed by atoms with Crippen molar-refractivity contribution in [2.75, 3.05) is 40.5 Å². The zero-order valence-corrected chi connectivity index (χ0v) is 28.2. The Labute approximate surface area is 278 Å². The van der Waals surface area contributed by atoms with Crippen molar-refractivity contribution < 1.29 is 38.7 Å². The molecular formula is C37H50N2O8. The van der Waals surface area contributed by atoms with Crippen molar-refractivity contribution in [1.82, 2.24) is 10.2 Å². The average Bonchev–Trinajstić information content (AvgIpc) is 3.47. The van der Waals surface area contributed by atoms with Crippen LogP contribution in [-0.2, 0) is 20.7 Å². The van der Waals surface area contributed by atoms with Crippen LogP contribution in [-0.4, -0.2) is 91.8 Å². The van der Waals surface area contributed by atoms with E-state index in [0.717, 1.165) is 30.4 Å². The van der Waals surface area contributed by atoms with Gasteiger partial charge in [0.15, 0.2) is 0 Å². The van der Waals surface area contributed by atoms with Crippen LogP contribution in [0.3, 0.4) is 0 Å². The summed E-state index contributed by atoms with van der Waals surface area (Å²) in [5.41, 5.74) is 2.03. The molecule has 1 saturated carbocycles. The highest BCUT2D eigenvalue weighted by atomic mass is 16.5. The minimum absolute atomic E-state index is 0.0354. The molecule has 0 unspecified atom stereocenters. The standard InChI is InChI=1S/C37H50N2O8/c1-22(2)26-12-10-23(3)18-32(26)46-21-33(41)39(16-14-24-19-25(44-4)11-13-30(24)45-5)29-20-28(37(43)38-15-17-40)34-27-8-6-7-9-31(27)47-36(34)35(29)42/h6-9,11,13,19-20,22-23,26,29,32,34-36,40,42H,10,12,14-18,21H2,1-5H3,(H,38,43)/t23-,26+,29+,32-,34-,35-,36-/m0/s1. The first-order chi connectivity index (χ1) is 22.7. The first kappa shape index (κ1) is 34.7. The zero-order valence-electron chi connectivity index (χ0n) is 28.2. The summed E-state index contributed by atoms with van der Waals surface area (Å²) in [6, 6.07) is 12.1. The molecular weight excluding hydrogens is 600 g/mol. The molecule has 2 aromatic rings. The normalized spacial score (nSPS) is 26.5. The highest BCUT2D eigenvalue weighted by Gasteiger charge is 2.50. The predicted octanol–water partition coefficient (Wildman–Crippen LogP) is 3.88. The lowest BCUT2D eigenvalue weighted by Gasteiger charge is -2.41. The van der Waals surface area contributed by atoms with Gasteiger partial charge in [-0.15, -0.1) is 0 Å². The zero-order chi connectivity index (χ0) is 33.7. The van der Waals surface area contributed by atoms with Crippen LogP contribution in [0.25, 0.3) is 0 Å². The van der Waals surface area contributed by atoms with Crippen molar-refractivity contribution in [3.63, 3.8) is 0 Å². The van der Waals surface area contributed by atoms with Gasteiger partial charge in [0.05, 0.1) is 38.9 Å². The van der Waals surface area contributed by atoms with E-state index in [4.69, 9.17) is 18.9 Å². The van der Waals surface area contributed by atoms with Crippen LogP contribution in [0.4, 0.5) is 0 Å². The molecule has 47 heavy (non-hydrogen) atoms. The molecule has 2 aromatic carbocycles. The number of hydrogen-bond donors (Lipinski definition) is 3.